The highest BCUT2D eigenvalue weighted by Crippen LogP contribution is 2.30. The minimum atomic E-state index is -0.347. The van der Waals surface area contributed by atoms with Gasteiger partial charge in [-0.25, -0.2) is 9.50 Å². The fraction of sp³-hybridized carbons (Fsp3) is 0.250. The first kappa shape index (κ1) is 16.3. The number of carbonyl (C=O) groups is 1. The third kappa shape index (κ3) is 3.18. The van der Waals surface area contributed by atoms with Crippen molar-refractivity contribution in [1.29, 1.82) is 0 Å². The summed E-state index contributed by atoms with van der Waals surface area (Å²) in [5, 5.41) is 4.46. The Labute approximate surface area is 143 Å². The molecule has 24 heavy (non-hydrogen) atoms. The zero-order valence-corrected chi connectivity index (χ0v) is 14.3. The van der Waals surface area contributed by atoms with E-state index >= 15 is 0 Å². The van der Waals surface area contributed by atoms with Crippen molar-refractivity contribution in [3.05, 3.63) is 42.2 Å². The first-order chi connectivity index (χ1) is 11.6. The summed E-state index contributed by atoms with van der Waals surface area (Å²) in [5.74, 6) is 1.58. The molecule has 7 nitrogen and oxygen atoms in total. The average Bonchev–Trinajstić information content (AvgIpc) is 3.02. The van der Waals surface area contributed by atoms with Gasteiger partial charge < -0.3 is 9.47 Å². The number of hydrogen-bond acceptors (Lipinski definition) is 7. The third-order valence-electron chi connectivity index (χ3n) is 3.42. The van der Waals surface area contributed by atoms with Crippen molar-refractivity contribution in [2.45, 2.75) is 17.3 Å². The number of benzene rings is 1. The van der Waals surface area contributed by atoms with Crippen LogP contribution < -0.4 is 9.47 Å². The van der Waals surface area contributed by atoms with E-state index in [1.54, 1.807) is 48.3 Å². The van der Waals surface area contributed by atoms with Gasteiger partial charge in [0, 0.05) is 18.0 Å². The Morgan fingerprint density at radius 1 is 1.25 bits per heavy atom. The highest BCUT2D eigenvalue weighted by Gasteiger charge is 2.20. The first-order valence-electron chi connectivity index (χ1n) is 7.22. The van der Waals surface area contributed by atoms with Gasteiger partial charge in [0.05, 0.1) is 19.5 Å². The number of hydrogen-bond donors (Lipinski definition) is 0. The van der Waals surface area contributed by atoms with Crippen LogP contribution in [0, 0.1) is 0 Å². The molecule has 1 aromatic carbocycles. The van der Waals surface area contributed by atoms with Crippen LogP contribution in [0.3, 0.4) is 0 Å². The van der Waals surface area contributed by atoms with Crippen LogP contribution >= 0.6 is 11.8 Å². The highest BCUT2D eigenvalue weighted by atomic mass is 32.2. The molecular formula is C16H16N4O3S. The van der Waals surface area contributed by atoms with Gasteiger partial charge >= 0.3 is 0 Å². The first-order valence-corrected chi connectivity index (χ1v) is 8.10. The SMILES string of the molecule is COc1ccc(C(=O)[C@@H](C)Sc2nc3ncccn3n2)cc1OC. The molecule has 0 radical (unpaired) electrons. The van der Waals surface area contributed by atoms with Crippen LogP contribution in [0.15, 0.2) is 41.8 Å². The fourth-order valence-electron chi connectivity index (χ4n) is 2.20. The lowest BCUT2D eigenvalue weighted by atomic mass is 10.1. The van der Waals surface area contributed by atoms with Gasteiger partial charge in [0.25, 0.3) is 5.78 Å². The molecule has 0 amide bonds. The Balaban J connectivity index is 1.79. The number of aromatic nitrogens is 4. The molecule has 0 aliphatic carbocycles. The zero-order chi connectivity index (χ0) is 17.1. The molecule has 3 aromatic rings. The van der Waals surface area contributed by atoms with Crippen LogP contribution in [-0.4, -0.2) is 44.8 Å². The van der Waals surface area contributed by atoms with Crippen molar-refractivity contribution >= 4 is 23.3 Å². The van der Waals surface area contributed by atoms with Gasteiger partial charge in [0.2, 0.25) is 5.16 Å². The monoisotopic (exact) mass is 344 g/mol. The molecule has 8 heteroatoms. The average molecular weight is 344 g/mol. The maximum absolute atomic E-state index is 12.6. The van der Waals surface area contributed by atoms with Crippen LogP contribution in [-0.2, 0) is 0 Å². The summed E-state index contributed by atoms with van der Waals surface area (Å²) in [7, 11) is 3.10. The maximum atomic E-state index is 12.6. The second kappa shape index (κ2) is 6.88. The molecule has 3 rings (SSSR count). The lowest BCUT2D eigenvalue weighted by Crippen LogP contribution is -2.14. The molecular weight excluding hydrogens is 328 g/mol. The molecule has 0 aliphatic rings. The lowest BCUT2D eigenvalue weighted by molar-refractivity contribution is 0.0993. The standard InChI is InChI=1S/C16H16N4O3S/c1-10(24-16-18-15-17-7-4-8-20(15)19-16)14(21)11-5-6-12(22-2)13(9-11)23-3/h4-10H,1-3H3/t10-/m1/s1. The molecule has 0 unspecified atom stereocenters. The minimum absolute atomic E-state index is 0.0345. The van der Waals surface area contributed by atoms with Gasteiger partial charge in [0.1, 0.15) is 0 Å². The highest BCUT2D eigenvalue weighted by molar-refractivity contribution is 8.00. The van der Waals surface area contributed by atoms with Gasteiger partial charge in [-0.3, -0.25) is 4.79 Å². The van der Waals surface area contributed by atoms with Crippen LogP contribution in [0.5, 0.6) is 11.5 Å². The Hall–Kier alpha value is -2.61. The van der Waals surface area contributed by atoms with E-state index in [9.17, 15) is 4.79 Å². The molecule has 0 fully saturated rings. The van der Waals surface area contributed by atoms with Crippen LogP contribution in [0.4, 0.5) is 0 Å². The Bertz CT molecular complexity index is 848. The zero-order valence-electron chi connectivity index (χ0n) is 13.5. The van der Waals surface area contributed by atoms with Crippen LogP contribution in [0.25, 0.3) is 5.78 Å². The predicted octanol–water partition coefficient (Wildman–Crippen LogP) is 2.51. The fourth-order valence-corrected chi connectivity index (χ4v) is 3.03. The second-order valence-electron chi connectivity index (χ2n) is 4.95. The molecule has 1 atom stereocenters. The number of carbonyl (C=O) groups excluding carboxylic acids is 1. The summed E-state index contributed by atoms with van der Waals surface area (Å²) < 4.78 is 12.0. The molecule has 0 saturated heterocycles. The van der Waals surface area contributed by atoms with Crippen molar-refractivity contribution in [2.75, 3.05) is 14.2 Å². The summed E-state index contributed by atoms with van der Waals surface area (Å²) in [6, 6.07) is 6.89. The number of Topliss-reactive ketones (excluding diaryl/α,β-unsaturated/α-hetero) is 1. The van der Waals surface area contributed by atoms with Crippen molar-refractivity contribution < 1.29 is 14.3 Å². The van der Waals surface area contributed by atoms with Crippen LogP contribution in [0.1, 0.15) is 17.3 Å². The number of nitrogens with zero attached hydrogens (tertiary/aromatic N) is 4. The summed E-state index contributed by atoms with van der Waals surface area (Å²) in [6.45, 7) is 1.82. The quantitative estimate of drug-likeness (QED) is 0.502. The van der Waals surface area contributed by atoms with Gasteiger partial charge in [-0.15, -0.1) is 5.10 Å². The number of rotatable bonds is 6. The Morgan fingerprint density at radius 2 is 2.04 bits per heavy atom. The molecule has 2 aromatic heterocycles. The third-order valence-corrected chi connectivity index (χ3v) is 4.37. The van der Waals surface area contributed by atoms with Crippen molar-refractivity contribution in [2.24, 2.45) is 0 Å². The number of thioether (sulfide) groups is 1. The summed E-state index contributed by atoms with van der Waals surface area (Å²) in [5.41, 5.74) is 0.550. The van der Waals surface area contributed by atoms with Gasteiger partial charge in [-0.05, 0) is 31.2 Å². The summed E-state index contributed by atoms with van der Waals surface area (Å²) >= 11 is 1.29. The van der Waals surface area contributed by atoms with E-state index in [4.69, 9.17) is 9.47 Å². The van der Waals surface area contributed by atoms with Gasteiger partial charge in [-0.2, -0.15) is 4.98 Å². The molecule has 2 heterocycles. The molecule has 0 saturated carbocycles. The van der Waals surface area contributed by atoms with Crippen molar-refractivity contribution in [1.82, 2.24) is 19.6 Å². The summed E-state index contributed by atoms with van der Waals surface area (Å²) in [6.07, 6.45) is 3.41. The maximum Gasteiger partial charge on any atom is 0.253 e. The van der Waals surface area contributed by atoms with E-state index < -0.39 is 0 Å². The minimum Gasteiger partial charge on any atom is -0.493 e. The Kier molecular flexibility index (Phi) is 4.66. The number of fused-ring (bicyclic) bond motifs is 1. The Morgan fingerprint density at radius 3 is 2.75 bits per heavy atom. The van der Waals surface area contributed by atoms with E-state index in [2.05, 4.69) is 15.1 Å². The molecule has 124 valence electrons. The number of ketones is 1. The topological polar surface area (TPSA) is 78.6 Å². The lowest BCUT2D eigenvalue weighted by Gasteiger charge is -2.11. The normalized spacial score (nSPS) is 12.1. The molecule has 0 spiro atoms. The van der Waals surface area contributed by atoms with Crippen molar-refractivity contribution in [3.63, 3.8) is 0 Å². The smallest absolute Gasteiger partial charge is 0.253 e. The summed E-state index contributed by atoms with van der Waals surface area (Å²) in [4.78, 5) is 21.0. The number of ether oxygens (including phenoxy) is 2. The van der Waals surface area contributed by atoms with E-state index in [-0.39, 0.29) is 11.0 Å². The number of methoxy groups -OCH3 is 2. The largest absolute Gasteiger partial charge is 0.493 e. The van der Waals surface area contributed by atoms with E-state index in [1.165, 1.54) is 18.9 Å². The van der Waals surface area contributed by atoms with E-state index in [0.29, 0.717) is 28.0 Å². The molecule has 0 bridgehead atoms. The van der Waals surface area contributed by atoms with Gasteiger partial charge in [-0.1, -0.05) is 11.8 Å². The van der Waals surface area contributed by atoms with E-state index in [1.807, 2.05) is 6.92 Å². The van der Waals surface area contributed by atoms with E-state index in [0.717, 1.165) is 0 Å². The van der Waals surface area contributed by atoms with Crippen LogP contribution in [0.2, 0.25) is 0 Å². The van der Waals surface area contributed by atoms with Gasteiger partial charge in [0.15, 0.2) is 17.3 Å². The molecule has 0 N–H and O–H groups in total. The predicted molar refractivity (Wildman–Crippen MR) is 90.0 cm³/mol. The molecule has 0 aliphatic heterocycles. The second-order valence-corrected chi connectivity index (χ2v) is 6.26. The van der Waals surface area contributed by atoms with Crippen molar-refractivity contribution in [3.8, 4) is 11.5 Å².